The highest BCUT2D eigenvalue weighted by Crippen LogP contribution is 2.24. The maximum Gasteiger partial charge on any atom is 0.251 e. The third-order valence-electron chi connectivity index (χ3n) is 5.53. The van der Waals surface area contributed by atoms with Crippen LogP contribution in [0, 0.1) is 12.8 Å². The number of sulfonamides is 1. The summed E-state index contributed by atoms with van der Waals surface area (Å²) in [4.78, 5) is 12.7. The molecule has 1 aliphatic heterocycles. The highest BCUT2D eigenvalue weighted by molar-refractivity contribution is 7.98. The van der Waals surface area contributed by atoms with Gasteiger partial charge in [0.1, 0.15) is 0 Å². The number of carbonyl (C=O) groups excluding carboxylic acids is 1. The fourth-order valence-electron chi connectivity index (χ4n) is 3.47. The van der Waals surface area contributed by atoms with E-state index in [9.17, 15) is 13.2 Å². The van der Waals surface area contributed by atoms with Gasteiger partial charge in [-0.05, 0) is 55.0 Å². The summed E-state index contributed by atoms with van der Waals surface area (Å²) in [6.07, 6.45) is 1.75. The van der Waals surface area contributed by atoms with Gasteiger partial charge < -0.3 is 5.32 Å². The van der Waals surface area contributed by atoms with E-state index < -0.39 is 10.0 Å². The molecule has 1 aliphatic rings. The number of nitrogens with one attached hydrogen (secondary N) is 1. The summed E-state index contributed by atoms with van der Waals surface area (Å²) in [5.41, 5.74) is 2.96. The number of piperidine rings is 1. The van der Waals surface area contributed by atoms with Crippen LogP contribution < -0.4 is 5.32 Å². The van der Waals surface area contributed by atoms with Crippen molar-refractivity contribution >= 4 is 27.7 Å². The van der Waals surface area contributed by atoms with Crippen LogP contribution >= 0.6 is 11.8 Å². The lowest BCUT2D eigenvalue weighted by molar-refractivity contribution is 0.0956. The van der Waals surface area contributed by atoms with Gasteiger partial charge in [-0.2, -0.15) is 16.1 Å². The van der Waals surface area contributed by atoms with Crippen LogP contribution in [0.1, 0.15) is 41.3 Å². The van der Waals surface area contributed by atoms with Gasteiger partial charge in [-0.25, -0.2) is 8.42 Å². The molecule has 3 rings (SSSR count). The molecule has 0 saturated carbocycles. The topological polar surface area (TPSA) is 66.5 Å². The van der Waals surface area contributed by atoms with Gasteiger partial charge >= 0.3 is 0 Å². The molecular weight excluding hydrogens is 416 g/mol. The molecular formula is C23H30N2O3S2. The SMILES string of the molecule is Cc1ccccc1CSCCNC(=O)c1cccc(S(=O)(=O)N2CCC(C)CC2)c1. The molecule has 1 N–H and O–H groups in total. The van der Waals surface area contributed by atoms with Crippen molar-refractivity contribution in [1.82, 2.24) is 9.62 Å². The Labute approximate surface area is 184 Å². The Morgan fingerprint density at radius 3 is 2.60 bits per heavy atom. The van der Waals surface area contributed by atoms with Crippen molar-refractivity contribution in [2.24, 2.45) is 5.92 Å². The van der Waals surface area contributed by atoms with Gasteiger partial charge in [0.05, 0.1) is 4.90 Å². The molecule has 2 aromatic carbocycles. The molecule has 0 atom stereocenters. The van der Waals surface area contributed by atoms with Crippen molar-refractivity contribution in [3.8, 4) is 0 Å². The van der Waals surface area contributed by atoms with Gasteiger partial charge in [0.25, 0.3) is 5.91 Å². The summed E-state index contributed by atoms with van der Waals surface area (Å²) in [6, 6.07) is 14.7. The predicted octanol–water partition coefficient (Wildman–Crippen LogP) is 4.08. The number of carbonyl (C=O) groups is 1. The van der Waals surface area contributed by atoms with Crippen LogP contribution in [0.3, 0.4) is 0 Å². The van der Waals surface area contributed by atoms with Gasteiger partial charge in [-0.1, -0.05) is 37.3 Å². The number of amides is 1. The van der Waals surface area contributed by atoms with Crippen LogP contribution in [-0.4, -0.2) is 44.0 Å². The number of hydrogen-bond acceptors (Lipinski definition) is 4. The fraction of sp³-hybridized carbons (Fsp3) is 0.435. The van der Waals surface area contributed by atoms with Crippen LogP contribution in [0.4, 0.5) is 0 Å². The predicted molar refractivity (Wildman–Crippen MR) is 123 cm³/mol. The summed E-state index contributed by atoms with van der Waals surface area (Å²) in [5, 5.41) is 2.90. The summed E-state index contributed by atoms with van der Waals surface area (Å²) < 4.78 is 27.4. The molecule has 5 nitrogen and oxygen atoms in total. The first-order valence-electron chi connectivity index (χ1n) is 10.4. The molecule has 2 aromatic rings. The van der Waals surface area contributed by atoms with Gasteiger partial charge in [-0.15, -0.1) is 0 Å². The first-order valence-corrected chi connectivity index (χ1v) is 13.0. The van der Waals surface area contributed by atoms with Crippen LogP contribution in [0.5, 0.6) is 0 Å². The Balaban J connectivity index is 1.52. The Morgan fingerprint density at radius 2 is 1.87 bits per heavy atom. The maximum absolute atomic E-state index is 12.9. The number of aryl methyl sites for hydroxylation is 1. The van der Waals surface area contributed by atoms with E-state index in [1.54, 1.807) is 30.0 Å². The summed E-state index contributed by atoms with van der Waals surface area (Å²) in [5.74, 6) is 2.02. The molecule has 0 unspecified atom stereocenters. The van der Waals surface area contributed by atoms with E-state index in [4.69, 9.17) is 0 Å². The van der Waals surface area contributed by atoms with Crippen LogP contribution in [0.2, 0.25) is 0 Å². The largest absolute Gasteiger partial charge is 0.351 e. The molecule has 0 spiro atoms. The number of thioether (sulfide) groups is 1. The average Bonchev–Trinajstić information content (AvgIpc) is 2.75. The zero-order valence-corrected chi connectivity index (χ0v) is 19.3. The van der Waals surface area contributed by atoms with Crippen molar-refractivity contribution in [3.05, 3.63) is 65.2 Å². The molecule has 0 aliphatic carbocycles. The van der Waals surface area contributed by atoms with E-state index in [0.717, 1.165) is 24.3 Å². The molecule has 30 heavy (non-hydrogen) atoms. The lowest BCUT2D eigenvalue weighted by Crippen LogP contribution is -2.38. The van der Waals surface area contributed by atoms with Crippen LogP contribution in [0.15, 0.2) is 53.4 Å². The monoisotopic (exact) mass is 446 g/mol. The Bertz CT molecular complexity index is 968. The van der Waals surface area contributed by atoms with Crippen LogP contribution in [0.25, 0.3) is 0 Å². The van der Waals surface area contributed by atoms with E-state index in [1.165, 1.54) is 21.5 Å². The quantitative estimate of drug-likeness (QED) is 0.621. The van der Waals surface area contributed by atoms with E-state index in [0.29, 0.717) is 31.1 Å². The smallest absolute Gasteiger partial charge is 0.251 e. The molecule has 1 amide bonds. The van der Waals surface area contributed by atoms with Gasteiger partial charge in [0.2, 0.25) is 10.0 Å². The number of nitrogens with zero attached hydrogens (tertiary/aromatic N) is 1. The van der Waals surface area contributed by atoms with Crippen molar-refractivity contribution in [2.75, 3.05) is 25.4 Å². The standard InChI is InChI=1S/C23H30N2O3S2/c1-18-10-13-25(14-11-18)30(27,28)22-9-5-8-20(16-22)23(26)24-12-15-29-17-21-7-4-3-6-19(21)2/h3-9,16,18H,10-15,17H2,1-2H3,(H,24,26). The highest BCUT2D eigenvalue weighted by Gasteiger charge is 2.28. The number of hydrogen-bond donors (Lipinski definition) is 1. The van der Waals surface area contributed by atoms with Crippen LogP contribution in [-0.2, 0) is 15.8 Å². The van der Waals surface area contributed by atoms with Gasteiger partial charge in [-0.3, -0.25) is 4.79 Å². The zero-order valence-electron chi connectivity index (χ0n) is 17.6. The van der Waals surface area contributed by atoms with Crippen molar-refractivity contribution in [3.63, 3.8) is 0 Å². The molecule has 1 heterocycles. The minimum Gasteiger partial charge on any atom is -0.351 e. The molecule has 1 fully saturated rings. The number of benzene rings is 2. The molecule has 0 radical (unpaired) electrons. The second kappa shape index (κ2) is 10.5. The van der Waals surface area contributed by atoms with E-state index >= 15 is 0 Å². The summed E-state index contributed by atoms with van der Waals surface area (Å²) >= 11 is 1.77. The Hall–Kier alpha value is -1.83. The first-order chi connectivity index (χ1) is 14.4. The summed E-state index contributed by atoms with van der Waals surface area (Å²) in [6.45, 7) is 5.86. The van der Waals surface area contributed by atoms with Crippen molar-refractivity contribution in [2.45, 2.75) is 37.3 Å². The highest BCUT2D eigenvalue weighted by atomic mass is 32.2. The van der Waals surface area contributed by atoms with Gasteiger partial charge in [0.15, 0.2) is 0 Å². The van der Waals surface area contributed by atoms with Crippen molar-refractivity contribution in [1.29, 1.82) is 0 Å². The average molecular weight is 447 g/mol. The number of rotatable bonds is 8. The first kappa shape index (κ1) is 22.8. The summed E-state index contributed by atoms with van der Waals surface area (Å²) in [7, 11) is -3.56. The van der Waals surface area contributed by atoms with E-state index in [-0.39, 0.29) is 10.8 Å². The molecule has 0 aromatic heterocycles. The Morgan fingerprint density at radius 1 is 1.13 bits per heavy atom. The second-order valence-corrected chi connectivity index (χ2v) is 10.9. The normalized spacial score (nSPS) is 15.8. The molecule has 162 valence electrons. The third kappa shape index (κ3) is 5.86. The van der Waals surface area contributed by atoms with E-state index in [2.05, 4.69) is 31.3 Å². The fourth-order valence-corrected chi connectivity index (χ4v) is 5.92. The minimum atomic E-state index is -3.56. The lowest BCUT2D eigenvalue weighted by atomic mass is 10.0. The van der Waals surface area contributed by atoms with Crippen molar-refractivity contribution < 1.29 is 13.2 Å². The minimum absolute atomic E-state index is 0.193. The van der Waals surface area contributed by atoms with E-state index in [1.807, 2.05) is 12.1 Å². The Kier molecular flexibility index (Phi) is 7.97. The molecule has 1 saturated heterocycles. The maximum atomic E-state index is 12.9. The third-order valence-corrected chi connectivity index (χ3v) is 8.43. The zero-order chi connectivity index (χ0) is 21.6. The van der Waals surface area contributed by atoms with Gasteiger partial charge in [0, 0.05) is 36.7 Å². The molecule has 0 bridgehead atoms. The lowest BCUT2D eigenvalue weighted by Gasteiger charge is -2.29. The molecule has 7 heteroatoms. The second-order valence-electron chi connectivity index (χ2n) is 7.85.